The quantitative estimate of drug-likeness (QED) is 0.673. The van der Waals surface area contributed by atoms with Gasteiger partial charge in [-0.1, -0.05) is 48.5 Å². The monoisotopic (exact) mass is 361 g/mol. The Morgan fingerprint density at radius 2 is 1.63 bits per heavy atom. The van der Waals surface area contributed by atoms with Gasteiger partial charge in [0.25, 0.3) is 0 Å². The summed E-state index contributed by atoms with van der Waals surface area (Å²) >= 11 is 0. The van der Waals surface area contributed by atoms with Crippen LogP contribution in [0.2, 0.25) is 0 Å². The van der Waals surface area contributed by atoms with Crippen LogP contribution in [-0.2, 0) is 9.59 Å². The van der Waals surface area contributed by atoms with Crippen LogP contribution in [0.4, 0.5) is 5.69 Å². The van der Waals surface area contributed by atoms with Crippen molar-refractivity contribution < 1.29 is 9.59 Å². The van der Waals surface area contributed by atoms with E-state index in [1.54, 1.807) is 26.1 Å². The molecule has 1 atom stereocenters. The van der Waals surface area contributed by atoms with E-state index in [2.05, 4.69) is 15.6 Å². The predicted octanol–water partition coefficient (Wildman–Crippen LogP) is 4.08. The molecule has 1 aromatic heterocycles. The van der Waals surface area contributed by atoms with Gasteiger partial charge in [0, 0.05) is 11.6 Å². The van der Waals surface area contributed by atoms with E-state index in [1.807, 2.05) is 61.5 Å². The highest BCUT2D eigenvalue weighted by Crippen LogP contribution is 2.25. The molecule has 3 aromatic rings. The summed E-state index contributed by atoms with van der Waals surface area (Å²) in [5, 5.41) is 6.71. The molecule has 5 nitrogen and oxygen atoms in total. The summed E-state index contributed by atoms with van der Waals surface area (Å²) in [4.78, 5) is 29.9. The lowest BCUT2D eigenvalue weighted by Crippen LogP contribution is -2.45. The highest BCUT2D eigenvalue weighted by molar-refractivity contribution is 6.12. The van der Waals surface area contributed by atoms with Crippen molar-refractivity contribution >= 4 is 28.4 Å². The van der Waals surface area contributed by atoms with Crippen LogP contribution in [-0.4, -0.2) is 16.8 Å². The topological polar surface area (TPSA) is 71.1 Å². The van der Waals surface area contributed by atoms with Gasteiger partial charge in [0.2, 0.25) is 11.8 Å². The van der Waals surface area contributed by atoms with E-state index in [0.717, 1.165) is 10.9 Å². The maximum Gasteiger partial charge on any atom is 0.239 e. The van der Waals surface area contributed by atoms with Crippen LogP contribution in [0, 0.1) is 5.41 Å². The van der Waals surface area contributed by atoms with Crippen LogP contribution < -0.4 is 10.6 Å². The van der Waals surface area contributed by atoms with E-state index in [0.29, 0.717) is 11.2 Å². The maximum absolute atomic E-state index is 12.8. The summed E-state index contributed by atoms with van der Waals surface area (Å²) in [6.45, 7) is 5.14. The molecule has 1 unspecified atom stereocenters. The van der Waals surface area contributed by atoms with Crippen molar-refractivity contribution in [1.82, 2.24) is 10.3 Å². The van der Waals surface area contributed by atoms with Crippen LogP contribution in [0.5, 0.6) is 0 Å². The van der Waals surface area contributed by atoms with Gasteiger partial charge >= 0.3 is 0 Å². The van der Waals surface area contributed by atoms with Crippen molar-refractivity contribution in [2.45, 2.75) is 26.8 Å². The van der Waals surface area contributed by atoms with E-state index in [1.165, 1.54) is 0 Å². The van der Waals surface area contributed by atoms with Crippen LogP contribution in [0.1, 0.15) is 32.4 Å². The normalized spacial score (nSPS) is 12.4. The number of nitrogens with zero attached hydrogens (tertiary/aromatic N) is 1. The van der Waals surface area contributed by atoms with E-state index in [4.69, 9.17) is 0 Å². The molecule has 1 heterocycles. The molecule has 0 aliphatic carbocycles. The van der Waals surface area contributed by atoms with Gasteiger partial charge in [-0.2, -0.15) is 0 Å². The zero-order chi connectivity index (χ0) is 19.4. The number of hydrogen-bond acceptors (Lipinski definition) is 3. The molecule has 0 radical (unpaired) electrons. The van der Waals surface area contributed by atoms with Crippen LogP contribution in [0.25, 0.3) is 10.9 Å². The average molecular weight is 361 g/mol. The lowest BCUT2D eigenvalue weighted by molar-refractivity contribution is -0.138. The summed E-state index contributed by atoms with van der Waals surface area (Å²) in [6, 6.07) is 18.8. The zero-order valence-corrected chi connectivity index (χ0v) is 15.7. The molecule has 138 valence electrons. The maximum atomic E-state index is 12.8. The molecular formula is C22H23N3O2. The van der Waals surface area contributed by atoms with Gasteiger partial charge in [0.1, 0.15) is 5.41 Å². The Kier molecular flexibility index (Phi) is 5.21. The molecule has 0 fully saturated rings. The number of nitrogens with one attached hydrogen (secondary N) is 2. The minimum atomic E-state index is -1.24. The van der Waals surface area contributed by atoms with E-state index in [9.17, 15) is 9.59 Å². The van der Waals surface area contributed by atoms with E-state index in [-0.39, 0.29) is 17.9 Å². The molecule has 27 heavy (non-hydrogen) atoms. The molecule has 2 N–H and O–H groups in total. The third kappa shape index (κ3) is 3.97. The molecule has 0 spiro atoms. The van der Waals surface area contributed by atoms with Crippen molar-refractivity contribution in [1.29, 1.82) is 0 Å². The Hall–Kier alpha value is -3.21. The van der Waals surface area contributed by atoms with Crippen molar-refractivity contribution in [3.8, 4) is 0 Å². The van der Waals surface area contributed by atoms with Gasteiger partial charge in [-0.3, -0.25) is 14.6 Å². The fourth-order valence-corrected chi connectivity index (χ4v) is 2.79. The van der Waals surface area contributed by atoms with Gasteiger partial charge in [-0.05, 0) is 38.5 Å². The second-order valence-corrected chi connectivity index (χ2v) is 7.07. The Morgan fingerprint density at radius 3 is 2.37 bits per heavy atom. The van der Waals surface area contributed by atoms with E-state index < -0.39 is 5.41 Å². The lowest BCUT2D eigenvalue weighted by atomic mass is 9.90. The van der Waals surface area contributed by atoms with Gasteiger partial charge in [-0.15, -0.1) is 0 Å². The summed E-state index contributed by atoms with van der Waals surface area (Å²) < 4.78 is 0. The number of fused-ring (bicyclic) bond motifs is 1. The summed E-state index contributed by atoms with van der Waals surface area (Å²) in [5.41, 5.74) is 1.04. The van der Waals surface area contributed by atoms with Crippen LogP contribution >= 0.6 is 0 Å². The van der Waals surface area contributed by atoms with Crippen molar-refractivity contribution in [2.24, 2.45) is 5.41 Å². The Bertz CT molecular complexity index is 962. The van der Waals surface area contributed by atoms with Gasteiger partial charge in [-0.25, -0.2) is 0 Å². The third-order valence-corrected chi connectivity index (χ3v) is 4.66. The first-order valence-corrected chi connectivity index (χ1v) is 8.90. The minimum absolute atomic E-state index is 0.190. The number of amides is 2. The second kappa shape index (κ2) is 7.58. The largest absolute Gasteiger partial charge is 0.349 e. The number of anilines is 1. The number of benzene rings is 2. The zero-order valence-electron chi connectivity index (χ0n) is 15.7. The molecular weight excluding hydrogens is 338 g/mol. The fourth-order valence-electron chi connectivity index (χ4n) is 2.79. The average Bonchev–Trinajstić information content (AvgIpc) is 2.68. The summed E-state index contributed by atoms with van der Waals surface area (Å²) in [6.07, 6.45) is 1.68. The number of aromatic nitrogens is 1. The van der Waals surface area contributed by atoms with Gasteiger partial charge in [0.15, 0.2) is 0 Å². The Labute approximate surface area is 158 Å². The molecule has 5 heteroatoms. The minimum Gasteiger partial charge on any atom is -0.349 e. The number of carbonyl (C=O) groups is 2. The van der Waals surface area contributed by atoms with Crippen LogP contribution in [0.15, 0.2) is 66.9 Å². The van der Waals surface area contributed by atoms with Crippen molar-refractivity contribution in [3.63, 3.8) is 0 Å². The van der Waals surface area contributed by atoms with E-state index >= 15 is 0 Å². The first kappa shape index (κ1) is 18.6. The fraction of sp³-hybridized carbons (Fsp3) is 0.227. The molecule has 0 aliphatic heterocycles. The molecule has 0 bridgehead atoms. The highest BCUT2D eigenvalue weighted by atomic mass is 16.2. The van der Waals surface area contributed by atoms with Crippen molar-refractivity contribution in [2.75, 3.05) is 5.32 Å². The van der Waals surface area contributed by atoms with Gasteiger partial charge in [0.05, 0.1) is 17.2 Å². The number of rotatable bonds is 5. The molecule has 3 rings (SSSR count). The predicted molar refractivity (Wildman–Crippen MR) is 107 cm³/mol. The lowest BCUT2D eigenvalue weighted by Gasteiger charge is -2.25. The second-order valence-electron chi connectivity index (χ2n) is 7.07. The Morgan fingerprint density at radius 1 is 0.926 bits per heavy atom. The van der Waals surface area contributed by atoms with Crippen molar-refractivity contribution in [3.05, 3.63) is 72.4 Å². The molecule has 0 aliphatic rings. The number of pyridine rings is 1. The molecule has 2 aromatic carbocycles. The first-order valence-electron chi connectivity index (χ1n) is 8.90. The standard InChI is InChI=1S/C22H23N3O2/c1-15(16-9-5-4-6-10-16)24-20(26)22(2,3)21(27)25-18-13-7-11-17-12-8-14-23-19(17)18/h4-15H,1-3H3,(H,24,26)(H,25,27). The first-order chi connectivity index (χ1) is 12.9. The molecule has 2 amide bonds. The smallest absolute Gasteiger partial charge is 0.239 e. The number of carbonyl (C=O) groups excluding carboxylic acids is 2. The van der Waals surface area contributed by atoms with Crippen LogP contribution in [0.3, 0.4) is 0 Å². The summed E-state index contributed by atoms with van der Waals surface area (Å²) in [7, 11) is 0. The molecule has 0 saturated heterocycles. The highest BCUT2D eigenvalue weighted by Gasteiger charge is 2.37. The van der Waals surface area contributed by atoms with Gasteiger partial charge < -0.3 is 10.6 Å². The Balaban J connectivity index is 1.75. The summed E-state index contributed by atoms with van der Waals surface area (Å²) in [5.74, 6) is -0.706. The SMILES string of the molecule is CC(NC(=O)C(C)(C)C(=O)Nc1cccc2cccnc12)c1ccccc1. The number of para-hydroxylation sites is 1. The third-order valence-electron chi connectivity index (χ3n) is 4.66. The number of hydrogen-bond donors (Lipinski definition) is 2. The molecule has 0 saturated carbocycles.